The molecule has 0 aliphatic heterocycles. The van der Waals surface area contributed by atoms with E-state index in [0.29, 0.717) is 0 Å². The molecule has 8 aromatic carbocycles. The predicted molar refractivity (Wildman–Crippen MR) is 236 cm³/mol. The van der Waals surface area contributed by atoms with Gasteiger partial charge in [-0.2, -0.15) is 0 Å². The fourth-order valence-electron chi connectivity index (χ4n) is 8.42. The minimum atomic E-state index is -0.0523. The van der Waals surface area contributed by atoms with Gasteiger partial charge in [0.05, 0.1) is 0 Å². The van der Waals surface area contributed by atoms with Gasteiger partial charge in [-0.3, -0.25) is 0 Å². The second-order valence-corrected chi connectivity index (χ2v) is 16.0. The topological polar surface area (TPSA) is 3.24 Å². The van der Waals surface area contributed by atoms with Crippen molar-refractivity contribution >= 4 is 38.5 Å². The Hall–Kier alpha value is -6.48. The second kappa shape index (κ2) is 13.4. The smallest absolute Gasteiger partial charge is 0.0462 e. The molecule has 0 spiro atoms. The first kappa shape index (κ1) is 33.1. The molecule has 1 heterocycles. The van der Waals surface area contributed by atoms with Crippen molar-refractivity contribution in [2.24, 2.45) is 0 Å². The highest BCUT2D eigenvalue weighted by molar-refractivity contribution is 7.22. The molecule has 0 radical (unpaired) electrons. The first-order valence-corrected chi connectivity index (χ1v) is 19.8. The van der Waals surface area contributed by atoms with Gasteiger partial charge in [-0.15, -0.1) is 11.3 Å². The molecule has 9 aromatic rings. The van der Waals surface area contributed by atoms with E-state index in [1.54, 1.807) is 0 Å². The summed E-state index contributed by atoms with van der Waals surface area (Å²) >= 11 is 1.93. The van der Waals surface area contributed by atoms with Gasteiger partial charge >= 0.3 is 0 Å². The van der Waals surface area contributed by atoms with E-state index in [9.17, 15) is 0 Å². The number of nitrogens with zero attached hydrogens (tertiary/aromatic N) is 1. The van der Waals surface area contributed by atoms with Gasteiger partial charge in [0.15, 0.2) is 0 Å². The summed E-state index contributed by atoms with van der Waals surface area (Å²) in [6.45, 7) is 4.77. The van der Waals surface area contributed by atoms with E-state index < -0.39 is 0 Å². The third-order valence-corrected chi connectivity index (χ3v) is 12.5. The van der Waals surface area contributed by atoms with Crippen LogP contribution in [0.3, 0.4) is 0 Å². The van der Waals surface area contributed by atoms with Crippen molar-refractivity contribution in [2.45, 2.75) is 19.3 Å². The van der Waals surface area contributed by atoms with Crippen LogP contribution in [0.15, 0.2) is 200 Å². The van der Waals surface area contributed by atoms with E-state index in [1.165, 1.54) is 76.2 Å². The molecule has 55 heavy (non-hydrogen) atoms. The van der Waals surface area contributed by atoms with Gasteiger partial charge in [-0.1, -0.05) is 159 Å². The largest absolute Gasteiger partial charge is 0.311 e. The van der Waals surface area contributed by atoms with Gasteiger partial charge in [-0.05, 0) is 121 Å². The minimum Gasteiger partial charge on any atom is -0.311 e. The van der Waals surface area contributed by atoms with Crippen molar-refractivity contribution in [3.63, 3.8) is 0 Å². The molecule has 0 saturated heterocycles. The van der Waals surface area contributed by atoms with Crippen LogP contribution in [0.25, 0.3) is 65.0 Å². The lowest BCUT2D eigenvalue weighted by Crippen LogP contribution is -2.15. The number of hydrogen-bond donors (Lipinski definition) is 0. The number of rotatable bonds is 7. The summed E-state index contributed by atoms with van der Waals surface area (Å²) in [5.41, 5.74) is 17.3. The molecule has 0 saturated carbocycles. The van der Waals surface area contributed by atoms with Gasteiger partial charge in [0.1, 0.15) is 0 Å². The normalized spacial score (nSPS) is 12.7. The molecule has 0 N–H and O–H groups in total. The third kappa shape index (κ3) is 5.87. The molecule has 1 nitrogen and oxygen atoms in total. The van der Waals surface area contributed by atoms with Crippen LogP contribution < -0.4 is 4.90 Å². The lowest BCUT2D eigenvalue weighted by Gasteiger charge is -2.26. The van der Waals surface area contributed by atoms with Crippen LogP contribution in [0.5, 0.6) is 0 Å². The van der Waals surface area contributed by atoms with Crippen molar-refractivity contribution in [1.82, 2.24) is 0 Å². The maximum atomic E-state index is 2.43. The van der Waals surface area contributed by atoms with E-state index in [4.69, 9.17) is 0 Å². The second-order valence-electron chi connectivity index (χ2n) is 15.0. The zero-order valence-electron chi connectivity index (χ0n) is 30.9. The fraction of sp³-hybridized carbons (Fsp3) is 0.0566. The summed E-state index contributed by atoms with van der Waals surface area (Å²) in [4.78, 5) is 3.77. The zero-order valence-corrected chi connectivity index (χ0v) is 31.7. The van der Waals surface area contributed by atoms with Crippen LogP contribution in [-0.2, 0) is 5.41 Å². The summed E-state index contributed by atoms with van der Waals surface area (Å²) in [7, 11) is 0. The maximum Gasteiger partial charge on any atom is 0.0462 e. The molecule has 1 aliphatic rings. The molecule has 262 valence electrons. The van der Waals surface area contributed by atoms with Crippen molar-refractivity contribution in [1.29, 1.82) is 0 Å². The van der Waals surface area contributed by atoms with Crippen LogP contribution in [0.4, 0.5) is 17.1 Å². The van der Waals surface area contributed by atoms with Gasteiger partial charge in [0, 0.05) is 32.1 Å². The Kier molecular flexibility index (Phi) is 8.08. The van der Waals surface area contributed by atoms with Gasteiger partial charge in [-0.25, -0.2) is 0 Å². The van der Waals surface area contributed by atoms with E-state index >= 15 is 0 Å². The Labute approximate surface area is 327 Å². The van der Waals surface area contributed by atoms with Crippen molar-refractivity contribution in [3.05, 3.63) is 211 Å². The molecule has 0 fully saturated rings. The maximum absolute atomic E-state index is 2.43. The van der Waals surface area contributed by atoms with Crippen molar-refractivity contribution < 1.29 is 0 Å². The molecule has 0 unspecified atom stereocenters. The fourth-order valence-corrected chi connectivity index (χ4v) is 9.83. The molecular weight excluding hydrogens is 683 g/mol. The van der Waals surface area contributed by atoms with Gasteiger partial charge in [0.2, 0.25) is 0 Å². The van der Waals surface area contributed by atoms with Gasteiger partial charge < -0.3 is 4.90 Å². The molecule has 1 aromatic heterocycles. The molecule has 2 heteroatoms. The monoisotopic (exact) mass is 721 g/mol. The quantitative estimate of drug-likeness (QED) is 0.158. The van der Waals surface area contributed by atoms with Crippen LogP contribution in [0, 0.1) is 0 Å². The summed E-state index contributed by atoms with van der Waals surface area (Å²) in [5.74, 6) is 0. The Bertz CT molecular complexity index is 2710. The molecule has 1 aliphatic carbocycles. The Morgan fingerprint density at radius 1 is 0.382 bits per heavy atom. The highest BCUT2D eigenvalue weighted by atomic mass is 32.1. The Morgan fingerprint density at radius 3 is 1.36 bits per heavy atom. The highest BCUT2D eigenvalue weighted by Crippen LogP contribution is 2.56. The summed E-state index contributed by atoms with van der Waals surface area (Å²) < 4.78 is 1.37. The number of anilines is 3. The standard InChI is InChI=1S/C53H39NS/c1-53(2)49-35-43(26-33-47(49)52-51(53)48-18-9-10-19-50(48)55-52)42-17-11-16-41(34-42)40-24-31-46(32-25-40)54(44-27-20-38(21-28-44)36-12-5-3-6-13-36)45-29-22-39(23-30-45)37-14-7-4-8-15-37/h3-35H,1-2H3. The van der Waals surface area contributed by atoms with Crippen LogP contribution in [0.2, 0.25) is 0 Å². The number of thiophene rings is 1. The van der Waals surface area contributed by atoms with Crippen molar-refractivity contribution in [3.8, 4) is 54.9 Å². The van der Waals surface area contributed by atoms with E-state index in [1.807, 2.05) is 11.3 Å². The predicted octanol–water partition coefficient (Wildman–Crippen LogP) is 15.3. The molecule has 0 bridgehead atoms. The summed E-state index contributed by atoms with van der Waals surface area (Å²) in [6, 6.07) is 72.9. The van der Waals surface area contributed by atoms with E-state index in [2.05, 4.69) is 219 Å². The molecule has 0 amide bonds. The van der Waals surface area contributed by atoms with Gasteiger partial charge in [0.25, 0.3) is 0 Å². The average molecular weight is 722 g/mol. The minimum absolute atomic E-state index is 0.0523. The first-order valence-electron chi connectivity index (χ1n) is 19.0. The average Bonchev–Trinajstić information content (AvgIpc) is 3.75. The van der Waals surface area contributed by atoms with Crippen molar-refractivity contribution in [2.75, 3.05) is 4.90 Å². The lowest BCUT2D eigenvalue weighted by molar-refractivity contribution is 0.667. The highest BCUT2D eigenvalue weighted by Gasteiger charge is 2.38. The molecular formula is C53H39NS. The van der Waals surface area contributed by atoms with Crippen LogP contribution in [-0.4, -0.2) is 0 Å². The van der Waals surface area contributed by atoms with Crippen LogP contribution >= 0.6 is 11.3 Å². The SMILES string of the molecule is CC1(C)c2cc(-c3cccc(-c4ccc(N(c5ccc(-c6ccccc6)cc5)c5ccc(-c6ccccc6)cc5)cc4)c3)ccc2-c2sc3ccccc3c21. The zero-order chi connectivity index (χ0) is 36.9. The van der Waals surface area contributed by atoms with E-state index in [0.717, 1.165) is 17.1 Å². The Balaban J connectivity index is 0.977. The number of fused-ring (bicyclic) bond motifs is 5. The molecule has 10 rings (SSSR count). The lowest BCUT2D eigenvalue weighted by atomic mass is 9.80. The third-order valence-electron chi connectivity index (χ3n) is 11.3. The summed E-state index contributed by atoms with van der Waals surface area (Å²) in [6.07, 6.45) is 0. The molecule has 0 atom stereocenters. The number of benzene rings is 8. The summed E-state index contributed by atoms with van der Waals surface area (Å²) in [5, 5.41) is 1.39. The van der Waals surface area contributed by atoms with Crippen LogP contribution in [0.1, 0.15) is 25.0 Å². The van der Waals surface area contributed by atoms with E-state index in [-0.39, 0.29) is 5.41 Å². The Morgan fingerprint density at radius 2 is 0.800 bits per heavy atom. The first-order chi connectivity index (χ1) is 27.0. The number of hydrogen-bond acceptors (Lipinski definition) is 2.